The van der Waals surface area contributed by atoms with Crippen molar-refractivity contribution in [1.29, 1.82) is 0 Å². The van der Waals surface area contributed by atoms with Gasteiger partial charge in [0.15, 0.2) is 0 Å². The minimum Gasteiger partial charge on any atom is -0.478 e. The number of rotatable bonds is 4. The number of carbonyl (C=O) groups is 1. The summed E-state index contributed by atoms with van der Waals surface area (Å²) < 4.78 is 1.80. The van der Waals surface area contributed by atoms with Gasteiger partial charge in [-0.25, -0.2) is 9.89 Å². The Morgan fingerprint density at radius 2 is 2.04 bits per heavy atom. The number of H-pyrrole nitrogens is 1. The van der Waals surface area contributed by atoms with Crippen molar-refractivity contribution in [3.8, 4) is 11.5 Å². The van der Waals surface area contributed by atoms with Crippen molar-refractivity contribution < 1.29 is 9.90 Å². The highest BCUT2D eigenvalue weighted by molar-refractivity contribution is 7.71. The molecule has 0 amide bonds. The number of carboxylic acids is 1. The molecule has 114 valence electrons. The molecule has 0 saturated heterocycles. The van der Waals surface area contributed by atoms with Crippen LogP contribution in [0.4, 0.5) is 0 Å². The van der Waals surface area contributed by atoms with Crippen molar-refractivity contribution in [2.75, 3.05) is 0 Å². The molecule has 0 atom stereocenters. The number of pyridine rings is 1. The second-order valence-corrected chi connectivity index (χ2v) is 4.94. The molecular weight excluding hydrogens is 314 g/mol. The molecule has 0 fully saturated rings. The van der Waals surface area contributed by atoms with Gasteiger partial charge in [0.2, 0.25) is 10.6 Å². The maximum absolute atomic E-state index is 10.8. The fourth-order valence-corrected chi connectivity index (χ4v) is 2.08. The van der Waals surface area contributed by atoms with Crippen LogP contribution >= 0.6 is 12.2 Å². The van der Waals surface area contributed by atoms with Gasteiger partial charge in [0, 0.05) is 6.20 Å². The highest BCUT2D eigenvalue weighted by atomic mass is 32.1. The van der Waals surface area contributed by atoms with Crippen LogP contribution in [0.3, 0.4) is 0 Å². The van der Waals surface area contributed by atoms with Gasteiger partial charge >= 0.3 is 5.97 Å². The number of hydrogen-bond donors (Lipinski definition) is 2. The minimum absolute atomic E-state index is 0.219. The summed E-state index contributed by atoms with van der Waals surface area (Å²) in [6, 6.07) is 11.8. The van der Waals surface area contributed by atoms with Gasteiger partial charge in [-0.3, -0.25) is 4.98 Å². The van der Waals surface area contributed by atoms with E-state index < -0.39 is 5.97 Å². The molecule has 3 rings (SSSR count). The summed E-state index contributed by atoms with van der Waals surface area (Å²) in [7, 11) is 0. The van der Waals surface area contributed by atoms with Crippen molar-refractivity contribution >= 4 is 24.4 Å². The number of aromatic nitrogens is 4. The average Bonchev–Trinajstić information content (AvgIpc) is 2.95. The van der Waals surface area contributed by atoms with Crippen LogP contribution in [0.1, 0.15) is 15.9 Å². The fraction of sp³-hybridized carbons (Fsp3) is 0. The third kappa shape index (κ3) is 3.22. The number of carboxylic acid groups (broad SMARTS) is 1. The molecule has 0 aliphatic heterocycles. The number of benzene rings is 1. The second kappa shape index (κ2) is 6.32. The average molecular weight is 325 g/mol. The van der Waals surface area contributed by atoms with E-state index in [-0.39, 0.29) is 5.56 Å². The monoisotopic (exact) mass is 325 g/mol. The van der Waals surface area contributed by atoms with Gasteiger partial charge in [0.25, 0.3) is 0 Å². The third-order valence-electron chi connectivity index (χ3n) is 3.02. The number of nitrogens with zero attached hydrogens (tertiary/aromatic N) is 4. The Hall–Kier alpha value is -3.13. The van der Waals surface area contributed by atoms with Gasteiger partial charge in [0.05, 0.1) is 11.8 Å². The first-order valence-corrected chi connectivity index (χ1v) is 7.02. The molecule has 0 bridgehead atoms. The summed E-state index contributed by atoms with van der Waals surface area (Å²) >= 11 is 5.17. The summed E-state index contributed by atoms with van der Waals surface area (Å²) in [5.74, 6) is -0.475. The SMILES string of the molecule is O=C(O)c1ccc(/C=N\n2c(-c3ccccn3)n[nH]c2=S)cc1. The van der Waals surface area contributed by atoms with Crippen LogP contribution in [-0.4, -0.2) is 37.1 Å². The Labute approximate surface area is 136 Å². The van der Waals surface area contributed by atoms with Gasteiger partial charge in [-0.1, -0.05) is 18.2 Å². The third-order valence-corrected chi connectivity index (χ3v) is 3.29. The molecule has 0 spiro atoms. The fourth-order valence-electron chi connectivity index (χ4n) is 1.90. The predicted octanol–water partition coefficient (Wildman–Crippen LogP) is 2.58. The number of aromatic amines is 1. The second-order valence-electron chi connectivity index (χ2n) is 4.55. The van der Waals surface area contributed by atoms with Gasteiger partial charge in [-0.2, -0.15) is 14.9 Å². The molecule has 3 aromatic rings. The van der Waals surface area contributed by atoms with Crippen LogP contribution in [0.2, 0.25) is 0 Å². The summed E-state index contributed by atoms with van der Waals surface area (Å²) in [5.41, 5.74) is 1.60. The Kier molecular flexibility index (Phi) is 4.07. The normalized spacial score (nSPS) is 11.0. The van der Waals surface area contributed by atoms with Crippen molar-refractivity contribution in [2.45, 2.75) is 0 Å². The van der Waals surface area contributed by atoms with Crippen LogP contribution in [-0.2, 0) is 0 Å². The van der Waals surface area contributed by atoms with Crippen LogP contribution in [0, 0.1) is 4.77 Å². The molecule has 0 saturated carbocycles. The van der Waals surface area contributed by atoms with E-state index >= 15 is 0 Å². The van der Waals surface area contributed by atoms with Gasteiger partial charge < -0.3 is 5.11 Å². The summed E-state index contributed by atoms with van der Waals surface area (Å²) in [5, 5.41) is 20.0. The number of hydrogen-bond acceptors (Lipinski definition) is 5. The maximum atomic E-state index is 10.8. The Morgan fingerprint density at radius 3 is 2.70 bits per heavy atom. The molecule has 23 heavy (non-hydrogen) atoms. The summed E-state index contributed by atoms with van der Waals surface area (Å²) in [6.45, 7) is 0. The lowest BCUT2D eigenvalue weighted by Crippen LogP contribution is -1.98. The first-order chi connectivity index (χ1) is 11.1. The standard InChI is InChI=1S/C15H11N5O2S/c21-14(22)11-6-4-10(5-7-11)9-17-20-13(18-19-15(20)23)12-3-1-2-8-16-12/h1-9H,(H,19,23)(H,21,22)/b17-9-. The zero-order chi connectivity index (χ0) is 16.2. The lowest BCUT2D eigenvalue weighted by Gasteiger charge is -2.00. The highest BCUT2D eigenvalue weighted by Crippen LogP contribution is 2.13. The molecule has 0 unspecified atom stereocenters. The Bertz CT molecular complexity index is 913. The number of aromatic carboxylic acids is 1. The Morgan fingerprint density at radius 1 is 1.26 bits per heavy atom. The van der Waals surface area contributed by atoms with E-state index in [0.717, 1.165) is 5.56 Å². The molecule has 2 aromatic heterocycles. The van der Waals surface area contributed by atoms with E-state index in [1.807, 2.05) is 12.1 Å². The molecule has 0 radical (unpaired) electrons. The summed E-state index contributed by atoms with van der Waals surface area (Å²) in [4.78, 5) is 15.1. The lowest BCUT2D eigenvalue weighted by molar-refractivity contribution is 0.0697. The number of nitrogens with one attached hydrogen (secondary N) is 1. The van der Waals surface area contributed by atoms with E-state index in [1.165, 1.54) is 16.8 Å². The smallest absolute Gasteiger partial charge is 0.335 e. The van der Waals surface area contributed by atoms with Crippen LogP contribution in [0.25, 0.3) is 11.5 Å². The summed E-state index contributed by atoms with van der Waals surface area (Å²) in [6.07, 6.45) is 3.23. The molecule has 0 aliphatic rings. The van der Waals surface area contributed by atoms with Crippen molar-refractivity contribution in [2.24, 2.45) is 5.10 Å². The molecular formula is C15H11N5O2S. The molecule has 2 heterocycles. The predicted molar refractivity (Wildman–Crippen MR) is 87.0 cm³/mol. The van der Waals surface area contributed by atoms with Gasteiger partial charge in [0.1, 0.15) is 5.69 Å². The first kappa shape index (κ1) is 14.8. The van der Waals surface area contributed by atoms with Crippen LogP contribution in [0.15, 0.2) is 53.8 Å². The molecule has 7 nitrogen and oxygen atoms in total. The van der Waals surface area contributed by atoms with Crippen molar-refractivity contribution in [1.82, 2.24) is 19.9 Å². The van der Waals surface area contributed by atoms with E-state index in [9.17, 15) is 4.79 Å². The molecule has 2 N–H and O–H groups in total. The molecule has 1 aromatic carbocycles. The zero-order valence-corrected chi connectivity index (χ0v) is 12.6. The molecule has 8 heteroatoms. The largest absolute Gasteiger partial charge is 0.478 e. The van der Waals surface area contributed by atoms with Gasteiger partial charge in [-0.15, -0.1) is 0 Å². The first-order valence-electron chi connectivity index (χ1n) is 6.62. The van der Waals surface area contributed by atoms with E-state index in [4.69, 9.17) is 17.3 Å². The van der Waals surface area contributed by atoms with Gasteiger partial charge in [-0.05, 0) is 42.0 Å². The minimum atomic E-state index is -0.969. The maximum Gasteiger partial charge on any atom is 0.335 e. The zero-order valence-electron chi connectivity index (χ0n) is 11.7. The van der Waals surface area contributed by atoms with E-state index in [0.29, 0.717) is 16.3 Å². The lowest BCUT2D eigenvalue weighted by atomic mass is 10.1. The van der Waals surface area contributed by atoms with Crippen molar-refractivity contribution in [3.05, 3.63) is 64.6 Å². The topological polar surface area (TPSA) is 96.2 Å². The van der Waals surface area contributed by atoms with E-state index in [2.05, 4.69) is 20.3 Å². The van der Waals surface area contributed by atoms with Crippen LogP contribution in [0.5, 0.6) is 0 Å². The Balaban J connectivity index is 1.93. The quantitative estimate of drug-likeness (QED) is 0.568. The molecule has 0 aliphatic carbocycles. The van der Waals surface area contributed by atoms with Crippen molar-refractivity contribution in [3.63, 3.8) is 0 Å². The van der Waals surface area contributed by atoms with E-state index in [1.54, 1.807) is 30.6 Å². The highest BCUT2D eigenvalue weighted by Gasteiger charge is 2.08. The van der Waals surface area contributed by atoms with Crippen LogP contribution < -0.4 is 0 Å².